The molecule has 1 heteroatoms. The Hall–Kier alpha value is -0.330. The molecule has 0 saturated heterocycles. The smallest absolute Gasteiger partial charge is 0.135 e. The highest BCUT2D eigenvalue weighted by Crippen LogP contribution is 2.61. The molecule has 7 unspecified atom stereocenters. The van der Waals surface area contributed by atoms with E-state index in [4.69, 9.17) is 0 Å². The third kappa shape index (κ3) is 3.34. The van der Waals surface area contributed by atoms with Gasteiger partial charge in [-0.05, 0) is 74.0 Å². The Labute approximate surface area is 151 Å². The summed E-state index contributed by atoms with van der Waals surface area (Å²) in [5.74, 6) is 4.33. The molecule has 0 aromatic heterocycles. The fourth-order valence-corrected chi connectivity index (χ4v) is 6.35. The van der Waals surface area contributed by atoms with Gasteiger partial charge in [0.15, 0.2) is 0 Å². The largest absolute Gasteiger partial charge is 0.299 e. The van der Waals surface area contributed by atoms with Crippen molar-refractivity contribution in [1.82, 2.24) is 0 Å². The monoisotopic (exact) mass is 334 g/mol. The van der Waals surface area contributed by atoms with Crippen LogP contribution in [0.15, 0.2) is 0 Å². The maximum Gasteiger partial charge on any atom is 0.135 e. The Morgan fingerprint density at radius 3 is 2.38 bits per heavy atom. The summed E-state index contributed by atoms with van der Waals surface area (Å²) in [5, 5.41) is 0. The van der Waals surface area contributed by atoms with Gasteiger partial charge in [-0.3, -0.25) is 4.79 Å². The minimum Gasteiger partial charge on any atom is -0.299 e. The molecule has 1 nitrogen and oxygen atoms in total. The molecular formula is C23H42O. The summed E-state index contributed by atoms with van der Waals surface area (Å²) in [6.45, 7) is 16.3. The zero-order valence-corrected chi connectivity index (χ0v) is 17.5. The Morgan fingerprint density at radius 2 is 1.83 bits per heavy atom. The average Bonchev–Trinajstić information content (AvgIpc) is 2.55. The van der Waals surface area contributed by atoms with E-state index in [1.807, 2.05) is 6.92 Å². The van der Waals surface area contributed by atoms with Crippen LogP contribution in [-0.2, 0) is 4.79 Å². The first kappa shape index (κ1) is 20.0. The van der Waals surface area contributed by atoms with Gasteiger partial charge >= 0.3 is 0 Å². The minimum atomic E-state index is -0.0614. The number of carbonyl (C=O) groups excluding carboxylic acids is 1. The van der Waals surface area contributed by atoms with Crippen LogP contribution in [0.25, 0.3) is 0 Å². The van der Waals surface area contributed by atoms with Crippen LogP contribution in [0.4, 0.5) is 0 Å². The second-order valence-corrected chi connectivity index (χ2v) is 9.83. The van der Waals surface area contributed by atoms with Crippen LogP contribution in [0.2, 0.25) is 0 Å². The molecule has 0 amide bonds. The molecule has 0 radical (unpaired) electrons. The molecular weight excluding hydrogens is 292 g/mol. The molecule has 2 fully saturated rings. The highest BCUT2D eigenvalue weighted by atomic mass is 16.1. The van der Waals surface area contributed by atoms with Crippen LogP contribution in [0, 0.1) is 40.4 Å². The van der Waals surface area contributed by atoms with Crippen molar-refractivity contribution < 1.29 is 4.79 Å². The summed E-state index contributed by atoms with van der Waals surface area (Å²) < 4.78 is 0. The molecule has 140 valence electrons. The first-order chi connectivity index (χ1) is 11.2. The summed E-state index contributed by atoms with van der Waals surface area (Å²) >= 11 is 0. The van der Waals surface area contributed by atoms with Crippen molar-refractivity contribution in [3.63, 3.8) is 0 Å². The lowest BCUT2D eigenvalue weighted by atomic mass is 9.45. The van der Waals surface area contributed by atoms with Gasteiger partial charge in [0.1, 0.15) is 5.78 Å². The lowest BCUT2D eigenvalue weighted by molar-refractivity contribution is -0.144. The molecule has 0 aliphatic heterocycles. The SMILES string of the molecule is CCC(C)CCC1(C)C(C)CCC2C(CC)C(C)(C(C)=O)CCC21. The summed E-state index contributed by atoms with van der Waals surface area (Å²) in [6, 6.07) is 0. The van der Waals surface area contributed by atoms with Gasteiger partial charge in [0.05, 0.1) is 0 Å². The Bertz CT molecular complexity index is 441. The molecule has 0 bridgehead atoms. The third-order valence-corrected chi connectivity index (χ3v) is 8.85. The van der Waals surface area contributed by atoms with Crippen molar-refractivity contribution in [3.05, 3.63) is 0 Å². The summed E-state index contributed by atoms with van der Waals surface area (Å²) in [4.78, 5) is 12.4. The second kappa shape index (κ2) is 7.50. The van der Waals surface area contributed by atoms with E-state index in [9.17, 15) is 4.79 Å². The minimum absolute atomic E-state index is 0.0614. The van der Waals surface area contributed by atoms with Crippen molar-refractivity contribution >= 4 is 5.78 Å². The molecule has 2 aliphatic carbocycles. The first-order valence-electron chi connectivity index (χ1n) is 10.7. The van der Waals surface area contributed by atoms with Gasteiger partial charge < -0.3 is 0 Å². The van der Waals surface area contributed by atoms with Crippen molar-refractivity contribution in [2.45, 2.75) is 99.8 Å². The molecule has 2 saturated carbocycles. The van der Waals surface area contributed by atoms with Crippen LogP contribution < -0.4 is 0 Å². The fourth-order valence-electron chi connectivity index (χ4n) is 6.35. The van der Waals surface area contributed by atoms with Crippen molar-refractivity contribution in [2.75, 3.05) is 0 Å². The van der Waals surface area contributed by atoms with E-state index >= 15 is 0 Å². The van der Waals surface area contributed by atoms with Crippen molar-refractivity contribution in [3.8, 4) is 0 Å². The highest BCUT2D eigenvalue weighted by molar-refractivity contribution is 5.82. The van der Waals surface area contributed by atoms with Gasteiger partial charge in [0.2, 0.25) is 0 Å². The molecule has 2 aliphatic rings. The van der Waals surface area contributed by atoms with E-state index in [2.05, 4.69) is 41.5 Å². The van der Waals surface area contributed by atoms with Gasteiger partial charge in [-0.2, -0.15) is 0 Å². The van der Waals surface area contributed by atoms with Crippen LogP contribution in [0.5, 0.6) is 0 Å². The van der Waals surface area contributed by atoms with Gasteiger partial charge in [-0.1, -0.05) is 60.8 Å². The average molecular weight is 335 g/mol. The van der Waals surface area contributed by atoms with Crippen LogP contribution in [-0.4, -0.2) is 5.78 Å². The predicted octanol–water partition coefficient (Wildman–Crippen LogP) is 6.90. The van der Waals surface area contributed by atoms with Crippen LogP contribution in [0.3, 0.4) is 0 Å². The number of Topliss-reactive ketones (excluding diaryl/α,β-unsaturated/α-hetero) is 1. The maximum absolute atomic E-state index is 12.4. The molecule has 0 aromatic rings. The molecule has 0 spiro atoms. The van der Waals surface area contributed by atoms with Gasteiger partial charge in [-0.25, -0.2) is 0 Å². The maximum atomic E-state index is 12.4. The topological polar surface area (TPSA) is 17.1 Å². The fraction of sp³-hybridized carbons (Fsp3) is 0.957. The summed E-state index contributed by atoms with van der Waals surface area (Å²) in [5.41, 5.74) is 0.423. The summed E-state index contributed by atoms with van der Waals surface area (Å²) in [7, 11) is 0. The predicted molar refractivity (Wildman–Crippen MR) is 104 cm³/mol. The van der Waals surface area contributed by atoms with Crippen LogP contribution >= 0.6 is 0 Å². The van der Waals surface area contributed by atoms with E-state index < -0.39 is 0 Å². The third-order valence-electron chi connectivity index (χ3n) is 8.85. The molecule has 0 aromatic carbocycles. The van der Waals surface area contributed by atoms with Crippen molar-refractivity contribution in [1.29, 1.82) is 0 Å². The van der Waals surface area contributed by atoms with E-state index in [-0.39, 0.29) is 5.41 Å². The number of ketones is 1. The van der Waals surface area contributed by atoms with Crippen molar-refractivity contribution in [2.24, 2.45) is 40.4 Å². The second-order valence-electron chi connectivity index (χ2n) is 9.83. The number of carbonyl (C=O) groups is 1. The van der Waals surface area contributed by atoms with Gasteiger partial charge in [0.25, 0.3) is 0 Å². The molecule has 2 rings (SSSR count). The quantitative estimate of drug-likeness (QED) is 0.516. The Balaban J connectivity index is 2.26. The first-order valence-corrected chi connectivity index (χ1v) is 10.7. The van der Waals surface area contributed by atoms with Gasteiger partial charge in [0, 0.05) is 5.41 Å². The number of hydrogen-bond acceptors (Lipinski definition) is 1. The molecule has 0 heterocycles. The zero-order valence-electron chi connectivity index (χ0n) is 17.5. The van der Waals surface area contributed by atoms with E-state index in [1.54, 1.807) is 0 Å². The molecule has 7 atom stereocenters. The van der Waals surface area contributed by atoms with Crippen LogP contribution in [0.1, 0.15) is 99.8 Å². The standard InChI is InChI=1S/C23H42O/c1-8-16(3)12-14-22(6)17(4)10-11-19-20(9-2)23(7,18(5)24)15-13-21(19)22/h16-17,19-21H,8-15H2,1-7H3. The number of fused-ring (bicyclic) bond motifs is 1. The van der Waals surface area contributed by atoms with E-state index in [1.165, 1.54) is 44.9 Å². The highest BCUT2D eigenvalue weighted by Gasteiger charge is 2.55. The van der Waals surface area contributed by atoms with E-state index in [0.717, 1.165) is 30.1 Å². The number of rotatable bonds is 6. The zero-order chi connectivity index (χ0) is 18.1. The summed E-state index contributed by atoms with van der Waals surface area (Å²) in [6.07, 6.45) is 10.4. The number of hydrogen-bond donors (Lipinski definition) is 0. The Morgan fingerprint density at radius 1 is 1.17 bits per heavy atom. The van der Waals surface area contributed by atoms with E-state index in [0.29, 0.717) is 17.1 Å². The molecule has 24 heavy (non-hydrogen) atoms. The molecule has 0 N–H and O–H groups in total. The normalized spacial score (nSPS) is 44.0. The lowest BCUT2D eigenvalue weighted by Crippen LogP contribution is -2.53. The van der Waals surface area contributed by atoms with Gasteiger partial charge in [-0.15, -0.1) is 0 Å². The lowest BCUT2D eigenvalue weighted by Gasteiger charge is -2.59. The Kier molecular flexibility index (Phi) is 6.25.